The van der Waals surface area contributed by atoms with Crippen LogP contribution in [0.3, 0.4) is 0 Å². The minimum absolute atomic E-state index is 0.0182. The fraction of sp³-hybridized carbons (Fsp3) is 0.267. The molecule has 0 aliphatic heterocycles. The van der Waals surface area contributed by atoms with E-state index in [1.165, 1.54) is 6.07 Å². The van der Waals surface area contributed by atoms with Crippen LogP contribution in [0, 0.1) is 0 Å². The molecule has 2 aromatic rings. The molecule has 0 aliphatic rings. The molecule has 0 saturated carbocycles. The van der Waals surface area contributed by atoms with Crippen molar-refractivity contribution in [2.24, 2.45) is 0 Å². The van der Waals surface area contributed by atoms with Gasteiger partial charge in [0.2, 0.25) is 0 Å². The van der Waals surface area contributed by atoms with E-state index in [9.17, 15) is 9.59 Å². The first-order chi connectivity index (χ1) is 9.67. The van der Waals surface area contributed by atoms with Crippen LogP contribution in [0.15, 0.2) is 29.2 Å². The van der Waals surface area contributed by atoms with Gasteiger partial charge in [-0.15, -0.1) is 11.8 Å². The molecule has 0 fully saturated rings. The van der Waals surface area contributed by atoms with E-state index in [0.29, 0.717) is 10.9 Å². The van der Waals surface area contributed by atoms with Gasteiger partial charge in [-0.25, -0.2) is 14.6 Å². The van der Waals surface area contributed by atoms with Gasteiger partial charge in [0.25, 0.3) is 0 Å². The lowest BCUT2D eigenvalue weighted by Gasteiger charge is -2.17. The molecule has 0 bridgehead atoms. The third-order valence-corrected chi connectivity index (χ3v) is 3.75. The number of fused-ring (bicyclic) bond motifs is 1. The van der Waals surface area contributed by atoms with Gasteiger partial charge in [-0.2, -0.15) is 0 Å². The van der Waals surface area contributed by atoms with E-state index in [4.69, 9.17) is 10.2 Å². The molecule has 0 aliphatic carbocycles. The van der Waals surface area contributed by atoms with Crippen LogP contribution in [-0.4, -0.2) is 31.9 Å². The average molecular weight is 305 g/mol. The zero-order chi connectivity index (χ0) is 15.8. The zero-order valence-corrected chi connectivity index (χ0v) is 12.7. The summed E-state index contributed by atoms with van der Waals surface area (Å²) in [5.41, 5.74) is -0.259. The summed E-state index contributed by atoms with van der Waals surface area (Å²) in [6.07, 6.45) is 0. The van der Waals surface area contributed by atoms with Gasteiger partial charge in [0.05, 0.1) is 11.1 Å². The molecular formula is C15H15NO4S. The Morgan fingerprint density at radius 3 is 2.29 bits per heavy atom. The third-order valence-electron chi connectivity index (χ3n) is 2.65. The zero-order valence-electron chi connectivity index (χ0n) is 11.9. The molecule has 0 saturated heterocycles. The van der Waals surface area contributed by atoms with E-state index < -0.39 is 17.6 Å². The minimum atomic E-state index is -1.34. The molecule has 0 amide bonds. The van der Waals surface area contributed by atoms with Gasteiger partial charge in [-0.1, -0.05) is 26.8 Å². The van der Waals surface area contributed by atoms with Gasteiger partial charge in [-0.05, 0) is 18.2 Å². The number of carboxylic acids is 2. The Morgan fingerprint density at radius 1 is 1.10 bits per heavy atom. The van der Waals surface area contributed by atoms with E-state index >= 15 is 0 Å². The third kappa shape index (κ3) is 3.52. The van der Waals surface area contributed by atoms with Crippen LogP contribution in [0.2, 0.25) is 0 Å². The summed E-state index contributed by atoms with van der Waals surface area (Å²) in [5, 5.41) is 18.8. The number of carbonyl (C=O) groups is 2. The Kier molecular flexibility index (Phi) is 3.91. The summed E-state index contributed by atoms with van der Waals surface area (Å²) in [7, 11) is 0. The van der Waals surface area contributed by atoms with Crippen molar-refractivity contribution in [3.8, 4) is 0 Å². The molecule has 2 rings (SSSR count). The van der Waals surface area contributed by atoms with Crippen molar-refractivity contribution in [3.05, 3.63) is 35.5 Å². The molecule has 1 aromatic carbocycles. The summed E-state index contributed by atoms with van der Waals surface area (Å²) < 4.78 is 0.0182. The number of rotatable bonds is 3. The number of nitrogens with zero attached hydrogens (tertiary/aromatic N) is 1. The summed E-state index contributed by atoms with van der Waals surface area (Å²) >= 11 is 1.64. The van der Waals surface area contributed by atoms with Crippen LogP contribution in [-0.2, 0) is 0 Å². The van der Waals surface area contributed by atoms with Gasteiger partial charge in [0, 0.05) is 15.0 Å². The van der Waals surface area contributed by atoms with Crippen molar-refractivity contribution in [3.63, 3.8) is 0 Å². The maximum absolute atomic E-state index is 11.2. The van der Waals surface area contributed by atoms with Crippen LogP contribution >= 0.6 is 11.8 Å². The summed E-state index contributed by atoms with van der Waals surface area (Å²) in [4.78, 5) is 27.2. The molecule has 0 radical (unpaired) electrons. The second-order valence-corrected chi connectivity index (χ2v) is 7.46. The predicted octanol–water partition coefficient (Wildman–Crippen LogP) is 3.52. The maximum Gasteiger partial charge on any atom is 0.355 e. The molecule has 110 valence electrons. The Hall–Kier alpha value is -2.08. The molecule has 2 N–H and O–H groups in total. The van der Waals surface area contributed by atoms with Crippen molar-refractivity contribution >= 4 is 34.6 Å². The molecule has 21 heavy (non-hydrogen) atoms. The number of pyridine rings is 1. The topological polar surface area (TPSA) is 87.5 Å². The standard InChI is InChI=1S/C15H15NO4S/c1-15(2,3)21-9-5-4-8-6-10(13(17)18)12(14(19)20)16-11(8)7-9/h4-7H,1-3H3,(H,17,18)(H,19,20). The van der Waals surface area contributed by atoms with Gasteiger partial charge < -0.3 is 10.2 Å². The fourth-order valence-electron chi connectivity index (χ4n) is 1.89. The van der Waals surface area contributed by atoms with Crippen molar-refractivity contribution < 1.29 is 19.8 Å². The highest BCUT2D eigenvalue weighted by Gasteiger charge is 2.19. The molecule has 6 heteroatoms. The van der Waals surface area contributed by atoms with Crippen molar-refractivity contribution in [2.75, 3.05) is 0 Å². The number of hydrogen-bond acceptors (Lipinski definition) is 4. The second kappa shape index (κ2) is 5.37. The molecule has 1 heterocycles. The number of aromatic nitrogens is 1. The van der Waals surface area contributed by atoms with Crippen molar-refractivity contribution in [2.45, 2.75) is 30.4 Å². The first-order valence-electron chi connectivity index (χ1n) is 6.28. The van der Waals surface area contributed by atoms with Gasteiger partial charge in [0.15, 0.2) is 5.69 Å². The van der Waals surface area contributed by atoms with E-state index in [1.54, 1.807) is 23.9 Å². The van der Waals surface area contributed by atoms with Crippen LogP contribution < -0.4 is 0 Å². The first-order valence-corrected chi connectivity index (χ1v) is 7.09. The molecule has 1 aromatic heterocycles. The highest BCUT2D eigenvalue weighted by molar-refractivity contribution is 8.00. The van der Waals surface area contributed by atoms with Gasteiger partial charge in [0.1, 0.15) is 0 Å². The van der Waals surface area contributed by atoms with Crippen LogP contribution in [0.1, 0.15) is 41.6 Å². The van der Waals surface area contributed by atoms with Crippen LogP contribution in [0.4, 0.5) is 0 Å². The maximum atomic E-state index is 11.2. The Labute approximate surface area is 126 Å². The van der Waals surface area contributed by atoms with Crippen molar-refractivity contribution in [1.29, 1.82) is 0 Å². The molecule has 0 spiro atoms. The lowest BCUT2D eigenvalue weighted by Crippen LogP contribution is -2.11. The number of aromatic carboxylic acids is 2. The normalized spacial score (nSPS) is 11.6. The van der Waals surface area contributed by atoms with Crippen molar-refractivity contribution in [1.82, 2.24) is 4.98 Å². The number of hydrogen-bond donors (Lipinski definition) is 2. The van der Waals surface area contributed by atoms with E-state index in [1.807, 2.05) is 6.07 Å². The molecular weight excluding hydrogens is 290 g/mol. The van der Waals surface area contributed by atoms with E-state index in [0.717, 1.165) is 4.90 Å². The Balaban J connectivity index is 2.60. The minimum Gasteiger partial charge on any atom is -0.478 e. The quantitative estimate of drug-likeness (QED) is 0.844. The molecule has 5 nitrogen and oxygen atoms in total. The SMILES string of the molecule is CC(C)(C)Sc1ccc2cc(C(=O)O)c(C(=O)O)nc2c1. The number of carboxylic acid groups (broad SMARTS) is 2. The highest BCUT2D eigenvalue weighted by Crippen LogP contribution is 2.33. The molecule has 0 unspecified atom stereocenters. The Morgan fingerprint density at radius 2 is 1.76 bits per heavy atom. The summed E-state index contributed by atoms with van der Waals surface area (Å²) in [6.45, 7) is 6.22. The average Bonchev–Trinajstić information content (AvgIpc) is 2.34. The van der Waals surface area contributed by atoms with E-state index in [-0.39, 0.29) is 10.3 Å². The largest absolute Gasteiger partial charge is 0.478 e. The van der Waals surface area contributed by atoms with Gasteiger partial charge >= 0.3 is 11.9 Å². The van der Waals surface area contributed by atoms with Gasteiger partial charge in [-0.3, -0.25) is 0 Å². The van der Waals surface area contributed by atoms with Crippen LogP contribution in [0.5, 0.6) is 0 Å². The predicted molar refractivity (Wildman–Crippen MR) is 81.3 cm³/mol. The molecule has 0 atom stereocenters. The van der Waals surface area contributed by atoms with Crippen LogP contribution in [0.25, 0.3) is 10.9 Å². The number of thioether (sulfide) groups is 1. The Bertz CT molecular complexity index is 734. The smallest absolute Gasteiger partial charge is 0.355 e. The lowest BCUT2D eigenvalue weighted by atomic mass is 10.1. The first kappa shape index (κ1) is 15.3. The monoisotopic (exact) mass is 305 g/mol. The second-order valence-electron chi connectivity index (χ2n) is 5.56. The fourth-order valence-corrected chi connectivity index (χ4v) is 2.90. The summed E-state index contributed by atoms with van der Waals surface area (Å²) in [6, 6.07) is 6.77. The lowest BCUT2D eigenvalue weighted by molar-refractivity contribution is 0.0647. The highest BCUT2D eigenvalue weighted by atomic mass is 32.2. The summed E-state index contributed by atoms with van der Waals surface area (Å²) in [5.74, 6) is -2.64. The number of benzene rings is 1. The van der Waals surface area contributed by atoms with E-state index in [2.05, 4.69) is 25.8 Å².